The second-order valence-corrected chi connectivity index (χ2v) is 24.6. The van der Waals surface area contributed by atoms with Crippen LogP contribution in [0.1, 0.15) is 322 Å². The zero-order valence-corrected chi connectivity index (χ0v) is 50.8. The molecule has 10 heteroatoms. The number of phosphoric ester groups is 1. The molecule has 1 N–H and O–H groups in total. The monoisotopic (exact) mass is 1070 g/mol. The molecule has 0 amide bonds. The van der Waals surface area contributed by atoms with Gasteiger partial charge in [-0.2, -0.15) is 0 Å². The number of quaternary nitrogens is 1. The van der Waals surface area contributed by atoms with Gasteiger partial charge >= 0.3 is 19.8 Å². The first-order valence-electron chi connectivity index (χ1n) is 32.1. The van der Waals surface area contributed by atoms with E-state index in [4.69, 9.17) is 18.5 Å². The summed E-state index contributed by atoms with van der Waals surface area (Å²) in [5.74, 6) is -0.776. The molecule has 2 unspecified atom stereocenters. The number of allylic oxidation sites excluding steroid dienone is 4. The van der Waals surface area contributed by atoms with Crippen LogP contribution in [0.2, 0.25) is 0 Å². The van der Waals surface area contributed by atoms with Crippen molar-refractivity contribution in [2.75, 3.05) is 47.5 Å². The first-order valence-corrected chi connectivity index (χ1v) is 33.6. The Bertz CT molecular complexity index is 1300. The van der Waals surface area contributed by atoms with Crippen LogP contribution in [-0.4, -0.2) is 74.9 Å². The van der Waals surface area contributed by atoms with Crippen molar-refractivity contribution in [3.05, 3.63) is 24.3 Å². The smallest absolute Gasteiger partial charge is 0.462 e. The Morgan fingerprint density at radius 1 is 0.419 bits per heavy atom. The molecular formula is C64H125NO8P+. The molecule has 74 heavy (non-hydrogen) atoms. The Kier molecular flexibility index (Phi) is 55.1. The van der Waals surface area contributed by atoms with Crippen molar-refractivity contribution in [3.63, 3.8) is 0 Å². The number of carbonyl (C=O) groups is 2. The molecule has 0 saturated heterocycles. The van der Waals surface area contributed by atoms with Gasteiger partial charge < -0.3 is 18.9 Å². The number of esters is 2. The number of phosphoric acid groups is 1. The van der Waals surface area contributed by atoms with Crippen LogP contribution in [-0.2, 0) is 32.7 Å². The maximum absolute atomic E-state index is 12.8. The summed E-state index contributed by atoms with van der Waals surface area (Å²) in [6.07, 6.45) is 68.3. The van der Waals surface area contributed by atoms with E-state index in [1.807, 2.05) is 21.1 Å². The molecule has 0 saturated carbocycles. The lowest BCUT2D eigenvalue weighted by Crippen LogP contribution is -2.37. The molecule has 0 aromatic heterocycles. The summed E-state index contributed by atoms with van der Waals surface area (Å²) in [6.45, 7) is 4.49. The van der Waals surface area contributed by atoms with Gasteiger partial charge in [-0.1, -0.05) is 289 Å². The molecule has 0 aliphatic carbocycles. The molecule has 0 aromatic rings. The molecule has 438 valence electrons. The fourth-order valence-corrected chi connectivity index (χ4v) is 10.3. The fraction of sp³-hybridized carbons (Fsp3) is 0.906. The molecular weight excluding hydrogens is 942 g/mol. The third-order valence-corrected chi connectivity index (χ3v) is 15.5. The highest BCUT2D eigenvalue weighted by Gasteiger charge is 2.27. The summed E-state index contributed by atoms with van der Waals surface area (Å²) in [5, 5.41) is 0. The van der Waals surface area contributed by atoms with Gasteiger partial charge in [-0.05, 0) is 44.9 Å². The zero-order valence-electron chi connectivity index (χ0n) is 49.9. The number of rotatable bonds is 60. The minimum atomic E-state index is -4.38. The number of ether oxygens (including phenoxy) is 2. The lowest BCUT2D eigenvalue weighted by Gasteiger charge is -2.24. The van der Waals surface area contributed by atoms with Crippen molar-refractivity contribution in [1.82, 2.24) is 0 Å². The predicted molar refractivity (Wildman–Crippen MR) is 317 cm³/mol. The first-order chi connectivity index (χ1) is 36.0. The SMILES string of the molecule is CCCCCCC/C=C\C/C=C\CCCCCCCCCCCCCCCCCCCC(=O)OC(COC(=O)CCCCCCCCCCCCCCCCCCCCCCC)COP(=O)(O)OCC[N+](C)(C)C. The lowest BCUT2D eigenvalue weighted by molar-refractivity contribution is -0.870. The average molecular weight is 1070 g/mol. The van der Waals surface area contributed by atoms with Gasteiger partial charge in [-0.15, -0.1) is 0 Å². The number of likely N-dealkylation sites (N-methyl/N-ethyl adjacent to an activating group) is 1. The van der Waals surface area contributed by atoms with Gasteiger partial charge in [0.05, 0.1) is 27.7 Å². The number of unbranched alkanes of at least 4 members (excludes halogenated alkanes) is 42. The normalized spacial score (nSPS) is 13.3. The predicted octanol–water partition coefficient (Wildman–Crippen LogP) is 20.2. The van der Waals surface area contributed by atoms with Gasteiger partial charge in [0.1, 0.15) is 19.8 Å². The van der Waals surface area contributed by atoms with E-state index in [9.17, 15) is 19.0 Å². The van der Waals surface area contributed by atoms with E-state index in [1.54, 1.807) is 0 Å². The van der Waals surface area contributed by atoms with E-state index in [-0.39, 0.29) is 25.6 Å². The topological polar surface area (TPSA) is 108 Å². The first kappa shape index (κ1) is 72.5. The standard InChI is InChI=1S/C64H124NO8P/c1-6-8-10-12-14-16-18-20-22-24-26-28-29-30-31-32-33-34-35-37-39-41-43-45-47-49-51-53-55-57-64(67)73-62(61-72-74(68,69)71-59-58-65(3,4)5)60-70-63(66)56-54-52-50-48-46-44-42-40-38-36-27-25-23-21-19-17-15-13-11-9-7-2/h18,20,24,26,62H,6-17,19,21-23,25,27-61H2,1-5H3/p+1/b20-18-,26-24-. The van der Waals surface area contributed by atoms with Crippen LogP contribution in [0.15, 0.2) is 24.3 Å². The van der Waals surface area contributed by atoms with Gasteiger partial charge in [-0.3, -0.25) is 18.6 Å². The molecule has 0 spiro atoms. The second-order valence-electron chi connectivity index (χ2n) is 23.2. The van der Waals surface area contributed by atoms with Crippen molar-refractivity contribution >= 4 is 19.8 Å². The van der Waals surface area contributed by atoms with Crippen molar-refractivity contribution in [3.8, 4) is 0 Å². The van der Waals surface area contributed by atoms with E-state index < -0.39 is 26.5 Å². The average Bonchev–Trinajstić information content (AvgIpc) is 3.36. The molecule has 2 atom stereocenters. The third kappa shape index (κ3) is 59.7. The number of carbonyl (C=O) groups excluding carboxylic acids is 2. The van der Waals surface area contributed by atoms with Crippen LogP contribution < -0.4 is 0 Å². The van der Waals surface area contributed by atoms with Crippen LogP contribution in [0.5, 0.6) is 0 Å². The Morgan fingerprint density at radius 2 is 0.730 bits per heavy atom. The molecule has 0 rings (SSSR count). The highest BCUT2D eigenvalue weighted by Crippen LogP contribution is 2.43. The van der Waals surface area contributed by atoms with Gasteiger partial charge in [-0.25, -0.2) is 4.57 Å². The van der Waals surface area contributed by atoms with Crippen molar-refractivity contribution in [2.45, 2.75) is 328 Å². The summed E-state index contributed by atoms with van der Waals surface area (Å²) in [5.41, 5.74) is 0. The Balaban J connectivity index is 4.04. The maximum atomic E-state index is 12.8. The molecule has 9 nitrogen and oxygen atoms in total. The minimum absolute atomic E-state index is 0.0354. The molecule has 0 heterocycles. The van der Waals surface area contributed by atoms with Crippen molar-refractivity contribution in [2.24, 2.45) is 0 Å². The highest BCUT2D eigenvalue weighted by molar-refractivity contribution is 7.47. The van der Waals surface area contributed by atoms with Crippen LogP contribution in [0.25, 0.3) is 0 Å². The second kappa shape index (κ2) is 56.2. The van der Waals surface area contributed by atoms with E-state index in [2.05, 4.69) is 38.2 Å². The third-order valence-electron chi connectivity index (χ3n) is 14.5. The van der Waals surface area contributed by atoms with Crippen LogP contribution >= 0.6 is 7.82 Å². The van der Waals surface area contributed by atoms with Gasteiger partial charge in [0.25, 0.3) is 0 Å². The van der Waals surface area contributed by atoms with Crippen LogP contribution in [0.3, 0.4) is 0 Å². The van der Waals surface area contributed by atoms with Gasteiger partial charge in [0.2, 0.25) is 0 Å². The van der Waals surface area contributed by atoms with Crippen molar-refractivity contribution in [1.29, 1.82) is 0 Å². The summed E-state index contributed by atoms with van der Waals surface area (Å²) in [7, 11) is 1.50. The van der Waals surface area contributed by atoms with Crippen LogP contribution in [0.4, 0.5) is 0 Å². The summed E-state index contributed by atoms with van der Waals surface area (Å²) in [4.78, 5) is 35.8. The van der Waals surface area contributed by atoms with E-state index in [1.165, 1.54) is 250 Å². The maximum Gasteiger partial charge on any atom is 0.472 e. The van der Waals surface area contributed by atoms with E-state index in [0.29, 0.717) is 23.9 Å². The van der Waals surface area contributed by atoms with E-state index >= 15 is 0 Å². The van der Waals surface area contributed by atoms with Gasteiger partial charge in [0, 0.05) is 12.8 Å². The molecule has 0 bridgehead atoms. The lowest BCUT2D eigenvalue weighted by atomic mass is 10.0. The Labute approximate surface area is 459 Å². The largest absolute Gasteiger partial charge is 0.472 e. The number of hydrogen-bond acceptors (Lipinski definition) is 7. The number of nitrogens with zero attached hydrogens (tertiary/aromatic N) is 1. The molecule has 0 aliphatic rings. The summed E-state index contributed by atoms with van der Waals surface area (Å²) >= 11 is 0. The van der Waals surface area contributed by atoms with Crippen LogP contribution in [0, 0.1) is 0 Å². The summed E-state index contributed by atoms with van der Waals surface area (Å²) in [6, 6.07) is 0. The summed E-state index contributed by atoms with van der Waals surface area (Å²) < 4.78 is 34.7. The van der Waals surface area contributed by atoms with Crippen molar-refractivity contribution < 1.29 is 42.1 Å². The highest BCUT2D eigenvalue weighted by atomic mass is 31.2. The number of hydrogen-bond donors (Lipinski definition) is 1. The Morgan fingerprint density at radius 3 is 1.07 bits per heavy atom. The van der Waals surface area contributed by atoms with E-state index in [0.717, 1.165) is 38.5 Å². The minimum Gasteiger partial charge on any atom is -0.462 e. The molecule has 0 aromatic carbocycles. The Hall–Kier alpha value is -1.51. The van der Waals surface area contributed by atoms with Gasteiger partial charge in [0.15, 0.2) is 6.10 Å². The zero-order chi connectivity index (χ0) is 54.2. The molecule has 0 fully saturated rings. The quantitative estimate of drug-likeness (QED) is 0.0211. The molecule has 0 aliphatic heterocycles. The molecule has 0 radical (unpaired) electrons. The fourth-order valence-electron chi connectivity index (χ4n) is 9.52.